The topological polar surface area (TPSA) is 38.3 Å². The third-order valence-corrected chi connectivity index (χ3v) is 3.00. The number of hydrogen-bond donors (Lipinski definition) is 1. The smallest absolute Gasteiger partial charge is 0.244 e. The number of nitrogens with one attached hydrogen (secondary N) is 1. The molecule has 3 nitrogen and oxygen atoms in total. The highest BCUT2D eigenvalue weighted by molar-refractivity contribution is 5.91. The molecule has 0 spiro atoms. The van der Waals surface area contributed by atoms with E-state index in [2.05, 4.69) is 5.32 Å². The van der Waals surface area contributed by atoms with Crippen LogP contribution in [0.4, 0.5) is 4.39 Å². The molecule has 2 rings (SSSR count). The Balaban J connectivity index is 1.93. The monoisotopic (exact) mass is 299 g/mol. The molecule has 2 aromatic carbocycles. The molecule has 0 bridgehead atoms. The standard InChI is InChI=1S/C18H18FNO2/c1-2-22-17-9-4-3-7-15(17)13-20-18(21)11-10-14-6-5-8-16(19)12-14/h3-12H,2,13H2,1H3,(H,20,21). The quantitative estimate of drug-likeness (QED) is 0.828. The lowest BCUT2D eigenvalue weighted by Gasteiger charge is -2.10. The van der Waals surface area contributed by atoms with Gasteiger partial charge in [0.25, 0.3) is 0 Å². The maximum atomic E-state index is 13.0. The summed E-state index contributed by atoms with van der Waals surface area (Å²) in [6.45, 7) is 2.87. The van der Waals surface area contributed by atoms with Crippen molar-refractivity contribution in [3.05, 3.63) is 71.6 Å². The zero-order valence-electron chi connectivity index (χ0n) is 12.4. The molecular weight excluding hydrogens is 281 g/mol. The van der Waals surface area contributed by atoms with Crippen molar-refractivity contribution >= 4 is 12.0 Å². The SMILES string of the molecule is CCOc1ccccc1CNC(=O)C=Cc1cccc(F)c1. The van der Waals surface area contributed by atoms with Gasteiger partial charge in [-0.25, -0.2) is 4.39 Å². The fraction of sp³-hybridized carbons (Fsp3) is 0.167. The van der Waals surface area contributed by atoms with Gasteiger partial charge in [0, 0.05) is 18.2 Å². The maximum Gasteiger partial charge on any atom is 0.244 e. The molecule has 114 valence electrons. The number of carbonyl (C=O) groups is 1. The molecule has 0 unspecified atom stereocenters. The van der Waals surface area contributed by atoms with E-state index in [0.717, 1.165) is 11.3 Å². The predicted octanol–water partition coefficient (Wildman–Crippen LogP) is 3.55. The van der Waals surface area contributed by atoms with Crippen LogP contribution in [-0.4, -0.2) is 12.5 Å². The molecule has 1 amide bonds. The number of hydrogen-bond acceptors (Lipinski definition) is 2. The Hall–Kier alpha value is -2.62. The van der Waals surface area contributed by atoms with Gasteiger partial charge < -0.3 is 10.1 Å². The molecule has 0 atom stereocenters. The lowest BCUT2D eigenvalue weighted by atomic mass is 10.2. The van der Waals surface area contributed by atoms with E-state index in [9.17, 15) is 9.18 Å². The van der Waals surface area contributed by atoms with Gasteiger partial charge in [0.05, 0.1) is 6.61 Å². The van der Waals surface area contributed by atoms with Gasteiger partial charge in [-0.1, -0.05) is 30.3 Å². The van der Waals surface area contributed by atoms with E-state index in [0.29, 0.717) is 18.7 Å². The lowest BCUT2D eigenvalue weighted by Crippen LogP contribution is -2.20. The Kier molecular flexibility index (Phi) is 5.72. The summed E-state index contributed by atoms with van der Waals surface area (Å²) in [5.74, 6) is 0.197. The molecule has 0 aliphatic heterocycles. The molecule has 1 N–H and O–H groups in total. The summed E-state index contributed by atoms with van der Waals surface area (Å²) in [7, 11) is 0. The van der Waals surface area contributed by atoms with E-state index in [4.69, 9.17) is 4.74 Å². The third-order valence-electron chi connectivity index (χ3n) is 3.00. The van der Waals surface area contributed by atoms with E-state index in [-0.39, 0.29) is 11.7 Å². The lowest BCUT2D eigenvalue weighted by molar-refractivity contribution is -0.116. The highest BCUT2D eigenvalue weighted by Gasteiger charge is 2.03. The van der Waals surface area contributed by atoms with Gasteiger partial charge in [-0.2, -0.15) is 0 Å². The predicted molar refractivity (Wildman–Crippen MR) is 84.9 cm³/mol. The van der Waals surface area contributed by atoms with Gasteiger partial charge in [-0.3, -0.25) is 4.79 Å². The molecule has 0 aromatic heterocycles. The van der Waals surface area contributed by atoms with Crippen molar-refractivity contribution in [3.8, 4) is 5.75 Å². The van der Waals surface area contributed by atoms with Crippen molar-refractivity contribution < 1.29 is 13.9 Å². The molecule has 2 aromatic rings. The molecule has 0 saturated carbocycles. The molecule has 0 fully saturated rings. The minimum Gasteiger partial charge on any atom is -0.494 e. The van der Waals surface area contributed by atoms with Crippen LogP contribution < -0.4 is 10.1 Å². The highest BCUT2D eigenvalue weighted by atomic mass is 19.1. The fourth-order valence-electron chi connectivity index (χ4n) is 1.97. The Morgan fingerprint density at radius 1 is 1.23 bits per heavy atom. The van der Waals surface area contributed by atoms with Crippen LogP contribution in [0.1, 0.15) is 18.1 Å². The molecular formula is C18H18FNO2. The molecule has 0 heterocycles. The van der Waals surface area contributed by atoms with Crippen LogP contribution in [0, 0.1) is 5.82 Å². The summed E-state index contributed by atoms with van der Waals surface area (Å²) in [4.78, 5) is 11.8. The Morgan fingerprint density at radius 3 is 2.82 bits per heavy atom. The average Bonchev–Trinajstić information content (AvgIpc) is 2.52. The second-order valence-corrected chi connectivity index (χ2v) is 4.65. The Morgan fingerprint density at radius 2 is 2.05 bits per heavy atom. The summed E-state index contributed by atoms with van der Waals surface area (Å²) < 4.78 is 18.5. The Bertz CT molecular complexity index is 668. The van der Waals surface area contributed by atoms with Crippen LogP contribution in [0.15, 0.2) is 54.6 Å². The fourth-order valence-corrected chi connectivity index (χ4v) is 1.97. The van der Waals surface area contributed by atoms with Gasteiger partial charge in [0.15, 0.2) is 0 Å². The van der Waals surface area contributed by atoms with Crippen molar-refractivity contribution in [1.29, 1.82) is 0 Å². The largest absolute Gasteiger partial charge is 0.494 e. The van der Waals surface area contributed by atoms with E-state index in [1.165, 1.54) is 18.2 Å². The van der Waals surface area contributed by atoms with Crippen LogP contribution in [0.25, 0.3) is 6.08 Å². The minimum absolute atomic E-state index is 0.240. The zero-order valence-corrected chi connectivity index (χ0v) is 12.4. The maximum absolute atomic E-state index is 13.0. The number of halogens is 1. The van der Waals surface area contributed by atoms with Crippen LogP contribution in [0.5, 0.6) is 5.75 Å². The zero-order chi connectivity index (χ0) is 15.8. The van der Waals surface area contributed by atoms with Crippen molar-refractivity contribution in [1.82, 2.24) is 5.32 Å². The minimum atomic E-state index is -0.326. The van der Waals surface area contributed by atoms with Gasteiger partial charge in [0.2, 0.25) is 5.91 Å². The van der Waals surface area contributed by atoms with Crippen LogP contribution in [-0.2, 0) is 11.3 Å². The molecule has 0 aliphatic rings. The average molecular weight is 299 g/mol. The molecule has 4 heteroatoms. The van der Waals surface area contributed by atoms with Crippen molar-refractivity contribution in [2.45, 2.75) is 13.5 Å². The van der Waals surface area contributed by atoms with Crippen molar-refractivity contribution in [3.63, 3.8) is 0 Å². The summed E-state index contributed by atoms with van der Waals surface area (Å²) in [6, 6.07) is 13.6. The van der Waals surface area contributed by atoms with E-state index in [1.54, 1.807) is 18.2 Å². The van der Waals surface area contributed by atoms with Crippen molar-refractivity contribution in [2.75, 3.05) is 6.61 Å². The van der Waals surface area contributed by atoms with Gasteiger partial charge in [-0.15, -0.1) is 0 Å². The second-order valence-electron chi connectivity index (χ2n) is 4.65. The third kappa shape index (κ3) is 4.74. The molecule has 0 aliphatic carbocycles. The highest BCUT2D eigenvalue weighted by Crippen LogP contribution is 2.17. The van der Waals surface area contributed by atoms with Crippen molar-refractivity contribution in [2.24, 2.45) is 0 Å². The van der Waals surface area contributed by atoms with Gasteiger partial charge >= 0.3 is 0 Å². The number of rotatable bonds is 6. The summed E-state index contributed by atoms with van der Waals surface area (Å²) in [5, 5.41) is 2.78. The number of amides is 1. The number of ether oxygens (including phenoxy) is 1. The van der Waals surface area contributed by atoms with E-state index in [1.807, 2.05) is 31.2 Å². The number of carbonyl (C=O) groups excluding carboxylic acids is 1. The van der Waals surface area contributed by atoms with E-state index >= 15 is 0 Å². The van der Waals surface area contributed by atoms with Crippen LogP contribution >= 0.6 is 0 Å². The first-order chi connectivity index (χ1) is 10.7. The normalized spacial score (nSPS) is 10.6. The van der Waals surface area contributed by atoms with Gasteiger partial charge in [0.1, 0.15) is 11.6 Å². The molecule has 22 heavy (non-hydrogen) atoms. The first kappa shape index (κ1) is 15.8. The van der Waals surface area contributed by atoms with E-state index < -0.39 is 0 Å². The summed E-state index contributed by atoms with van der Waals surface area (Å²) in [6.07, 6.45) is 2.96. The summed E-state index contributed by atoms with van der Waals surface area (Å²) in [5.41, 5.74) is 1.56. The molecule has 0 radical (unpaired) electrons. The number of benzene rings is 2. The first-order valence-corrected chi connectivity index (χ1v) is 7.11. The number of para-hydroxylation sites is 1. The Labute approximate surface area is 129 Å². The summed E-state index contributed by atoms with van der Waals surface area (Å²) >= 11 is 0. The first-order valence-electron chi connectivity index (χ1n) is 7.11. The molecule has 0 saturated heterocycles. The van der Waals surface area contributed by atoms with Crippen LogP contribution in [0.2, 0.25) is 0 Å². The van der Waals surface area contributed by atoms with Crippen LogP contribution in [0.3, 0.4) is 0 Å². The van der Waals surface area contributed by atoms with Gasteiger partial charge in [-0.05, 0) is 36.8 Å². The second kappa shape index (κ2) is 7.98.